The smallest absolute Gasteiger partial charge is 0.406 e. The summed E-state index contributed by atoms with van der Waals surface area (Å²) in [5.74, 6) is 1.49. The predicted octanol–water partition coefficient (Wildman–Crippen LogP) is 7.60. The second-order valence-electron chi connectivity index (χ2n) is 10.5. The Balaban J connectivity index is 1.12. The summed E-state index contributed by atoms with van der Waals surface area (Å²) in [5, 5.41) is 8.11. The molecule has 12 heteroatoms. The van der Waals surface area contributed by atoms with E-state index < -0.39 is 6.36 Å². The molecule has 8 nitrogen and oxygen atoms in total. The van der Waals surface area contributed by atoms with Crippen LogP contribution in [0.2, 0.25) is 0 Å². The maximum absolute atomic E-state index is 12.7. The average molecular weight is 623 g/mol. The molecule has 0 saturated carbocycles. The highest BCUT2D eigenvalue weighted by atomic mass is 32.2. The van der Waals surface area contributed by atoms with Crippen LogP contribution in [-0.4, -0.2) is 51.2 Å². The van der Waals surface area contributed by atoms with E-state index >= 15 is 0 Å². The third-order valence-electron chi connectivity index (χ3n) is 6.99. The Morgan fingerprint density at radius 1 is 1.07 bits per heavy atom. The number of amides is 2. The van der Waals surface area contributed by atoms with Gasteiger partial charge in [0.1, 0.15) is 12.1 Å². The number of carbonyl (C=O) groups is 1. The summed E-state index contributed by atoms with van der Waals surface area (Å²) in [5.41, 5.74) is 4.82. The topological polar surface area (TPSA) is 84.6 Å². The highest BCUT2D eigenvalue weighted by molar-refractivity contribution is 8.14. The van der Waals surface area contributed by atoms with Gasteiger partial charge in [-0.25, -0.2) is 14.5 Å². The van der Waals surface area contributed by atoms with Crippen molar-refractivity contribution in [2.45, 2.75) is 45.4 Å². The van der Waals surface area contributed by atoms with E-state index in [1.54, 1.807) is 11.8 Å². The van der Waals surface area contributed by atoms with Gasteiger partial charge >= 0.3 is 12.4 Å². The molecule has 0 aliphatic carbocycles. The van der Waals surface area contributed by atoms with Crippen molar-refractivity contribution in [2.24, 2.45) is 4.99 Å². The number of hydrogen-bond donors (Lipinski definition) is 1. The first kappa shape index (κ1) is 31.1. The van der Waals surface area contributed by atoms with Crippen molar-refractivity contribution in [2.75, 3.05) is 23.7 Å². The summed E-state index contributed by atoms with van der Waals surface area (Å²) in [6.07, 6.45) is -0.679. The zero-order valence-electron chi connectivity index (χ0n) is 24.4. The Morgan fingerprint density at radius 3 is 2.55 bits per heavy atom. The molecule has 1 N–H and O–H groups in total. The van der Waals surface area contributed by atoms with Crippen LogP contribution in [0.25, 0.3) is 17.1 Å². The van der Waals surface area contributed by atoms with E-state index in [4.69, 9.17) is 0 Å². The van der Waals surface area contributed by atoms with Gasteiger partial charge in [-0.15, -0.1) is 18.3 Å². The number of nitrogens with one attached hydrogen (secondary N) is 1. The van der Waals surface area contributed by atoms with E-state index in [9.17, 15) is 18.0 Å². The molecule has 44 heavy (non-hydrogen) atoms. The van der Waals surface area contributed by atoms with E-state index in [-0.39, 0.29) is 11.8 Å². The minimum absolute atomic E-state index is 0.303. The third kappa shape index (κ3) is 8.19. The average Bonchev–Trinajstić information content (AvgIpc) is 3.50. The maximum Gasteiger partial charge on any atom is 0.573 e. The van der Waals surface area contributed by atoms with Crippen LogP contribution in [-0.2, 0) is 6.42 Å². The summed E-state index contributed by atoms with van der Waals surface area (Å²) in [4.78, 5) is 23.6. The summed E-state index contributed by atoms with van der Waals surface area (Å²) >= 11 is 1.61. The fourth-order valence-electron chi connectivity index (χ4n) is 4.85. The van der Waals surface area contributed by atoms with E-state index in [0.717, 1.165) is 53.5 Å². The van der Waals surface area contributed by atoms with Gasteiger partial charge in [0.2, 0.25) is 0 Å². The molecule has 2 heterocycles. The van der Waals surface area contributed by atoms with Gasteiger partial charge in [-0.2, -0.15) is 4.99 Å². The number of anilines is 1. The Bertz CT molecular complexity index is 1590. The zero-order valence-corrected chi connectivity index (χ0v) is 25.2. The second kappa shape index (κ2) is 14.0. The quantitative estimate of drug-likeness (QED) is 0.194. The Labute approximate surface area is 258 Å². The molecule has 230 valence electrons. The van der Waals surface area contributed by atoms with Gasteiger partial charge in [-0.1, -0.05) is 68.1 Å². The van der Waals surface area contributed by atoms with Crippen LogP contribution < -0.4 is 15.0 Å². The molecular formula is C32H33F3N6O2S. The predicted molar refractivity (Wildman–Crippen MR) is 168 cm³/mol. The normalized spacial score (nSPS) is 14.7. The zero-order chi connectivity index (χ0) is 31.1. The molecule has 5 rings (SSSR count). The lowest BCUT2D eigenvalue weighted by Gasteiger charge is -2.31. The first-order valence-electron chi connectivity index (χ1n) is 14.4. The number of hydrogen-bond acceptors (Lipinski definition) is 5. The SMILES string of the molecule is CC(C)c1ccccc1N1CCCSC1=NC(=O)NCCCc1ccc(-c2ncn(-c3ccc(OC(F)(F)F)cc3)n2)cc1. The van der Waals surface area contributed by atoms with Crippen molar-refractivity contribution in [1.82, 2.24) is 20.1 Å². The largest absolute Gasteiger partial charge is 0.573 e. The molecule has 3 aromatic carbocycles. The number of rotatable bonds is 9. The van der Waals surface area contributed by atoms with Crippen LogP contribution >= 0.6 is 11.8 Å². The first-order valence-corrected chi connectivity index (χ1v) is 15.4. The van der Waals surface area contributed by atoms with Crippen molar-refractivity contribution in [1.29, 1.82) is 0 Å². The fourth-order valence-corrected chi connectivity index (χ4v) is 5.80. The molecule has 2 amide bonds. The van der Waals surface area contributed by atoms with Gasteiger partial charge in [0.25, 0.3) is 0 Å². The standard InChI is InChI=1S/C32H33F3N6O2S/c1-22(2)27-8-3-4-9-28(27)40-19-6-20-44-31(40)38-30(42)36-18-5-7-23-10-12-24(13-11-23)29-37-21-41(39-29)25-14-16-26(17-15-25)43-32(33,34)35/h3-4,8-17,21-22H,5-7,18-20H2,1-2H3,(H,36,42). The number of aryl methyl sites for hydroxylation is 1. The monoisotopic (exact) mass is 622 g/mol. The molecule has 0 radical (unpaired) electrons. The van der Waals surface area contributed by atoms with Crippen molar-refractivity contribution >= 4 is 28.6 Å². The van der Waals surface area contributed by atoms with Gasteiger partial charge in [-0.05, 0) is 66.6 Å². The Kier molecular flexibility index (Phi) is 9.89. The number of alkyl halides is 3. The Morgan fingerprint density at radius 2 is 1.82 bits per heavy atom. The summed E-state index contributed by atoms with van der Waals surface area (Å²) in [6.45, 7) is 5.68. The number of aliphatic imine (C=N–C) groups is 1. The third-order valence-corrected chi connectivity index (χ3v) is 8.05. The first-order chi connectivity index (χ1) is 21.2. The highest BCUT2D eigenvalue weighted by Gasteiger charge is 2.31. The summed E-state index contributed by atoms with van der Waals surface area (Å²) in [7, 11) is 0. The van der Waals surface area contributed by atoms with Gasteiger partial charge in [0.05, 0.1) is 5.69 Å². The molecule has 1 aliphatic rings. The molecule has 1 saturated heterocycles. The number of aromatic nitrogens is 3. The van der Waals surface area contributed by atoms with Gasteiger partial charge in [0.15, 0.2) is 11.0 Å². The highest BCUT2D eigenvalue weighted by Crippen LogP contribution is 2.32. The number of carbonyl (C=O) groups excluding carboxylic acids is 1. The van der Waals surface area contributed by atoms with Crippen LogP contribution in [0.1, 0.15) is 43.7 Å². The number of para-hydroxylation sites is 1. The lowest BCUT2D eigenvalue weighted by Crippen LogP contribution is -2.36. The van der Waals surface area contributed by atoms with Gasteiger partial charge < -0.3 is 15.0 Å². The van der Waals surface area contributed by atoms with Crippen molar-refractivity contribution in [3.05, 3.63) is 90.3 Å². The minimum atomic E-state index is -4.74. The van der Waals surface area contributed by atoms with Crippen molar-refractivity contribution in [3.63, 3.8) is 0 Å². The van der Waals surface area contributed by atoms with Crippen LogP contribution in [0.3, 0.4) is 0 Å². The molecular weight excluding hydrogens is 589 g/mol. The molecule has 0 spiro atoms. The minimum Gasteiger partial charge on any atom is -0.406 e. The van der Waals surface area contributed by atoms with Crippen LogP contribution in [0.15, 0.2) is 84.1 Å². The number of benzene rings is 3. The number of thioether (sulfide) groups is 1. The lowest BCUT2D eigenvalue weighted by atomic mass is 10.0. The fraction of sp³-hybridized carbons (Fsp3) is 0.312. The van der Waals surface area contributed by atoms with Crippen LogP contribution in [0, 0.1) is 0 Å². The van der Waals surface area contributed by atoms with Gasteiger partial charge in [-0.3, -0.25) is 0 Å². The molecule has 1 aliphatic heterocycles. The van der Waals surface area contributed by atoms with E-state index in [1.165, 1.54) is 40.8 Å². The molecule has 1 aromatic heterocycles. The molecule has 1 fully saturated rings. The summed E-state index contributed by atoms with van der Waals surface area (Å²) < 4.78 is 42.6. The van der Waals surface area contributed by atoms with E-state index in [0.29, 0.717) is 24.0 Å². The number of halogens is 3. The van der Waals surface area contributed by atoms with Crippen LogP contribution in [0.5, 0.6) is 5.75 Å². The van der Waals surface area contributed by atoms with Crippen molar-refractivity contribution < 1.29 is 22.7 Å². The van der Waals surface area contributed by atoms with E-state index in [1.807, 2.05) is 36.4 Å². The van der Waals surface area contributed by atoms with Crippen molar-refractivity contribution in [3.8, 4) is 22.8 Å². The number of nitrogens with zero attached hydrogens (tertiary/aromatic N) is 5. The summed E-state index contributed by atoms with van der Waals surface area (Å²) in [6, 6.07) is 21.2. The second-order valence-corrected chi connectivity index (χ2v) is 11.6. The molecule has 0 bridgehead atoms. The van der Waals surface area contributed by atoms with Crippen LogP contribution in [0.4, 0.5) is 23.7 Å². The maximum atomic E-state index is 12.7. The van der Waals surface area contributed by atoms with E-state index in [2.05, 4.69) is 56.0 Å². The number of ether oxygens (including phenoxy) is 1. The van der Waals surface area contributed by atoms with Gasteiger partial charge in [0, 0.05) is 30.1 Å². The number of urea groups is 1. The molecule has 4 aromatic rings. The molecule has 0 unspecified atom stereocenters. The molecule has 0 atom stereocenters. The Hall–Kier alpha value is -4.32. The number of amidine groups is 1. The lowest BCUT2D eigenvalue weighted by molar-refractivity contribution is -0.274.